The molecule has 1 fully saturated rings. The topological polar surface area (TPSA) is 125 Å². The molecule has 0 aliphatic carbocycles. The minimum absolute atomic E-state index is 0.0464. The summed E-state index contributed by atoms with van der Waals surface area (Å²) in [4.78, 5) is 27.4. The van der Waals surface area contributed by atoms with Gasteiger partial charge in [-0.15, -0.1) is 0 Å². The van der Waals surface area contributed by atoms with Gasteiger partial charge in [0.15, 0.2) is 0 Å². The van der Waals surface area contributed by atoms with E-state index in [4.69, 9.17) is 10.4 Å². The van der Waals surface area contributed by atoms with Gasteiger partial charge >= 0.3 is 12.2 Å². The number of rotatable bonds is 5. The third kappa shape index (κ3) is 4.35. The van der Waals surface area contributed by atoms with Crippen LogP contribution in [0.15, 0.2) is 12.1 Å². The van der Waals surface area contributed by atoms with E-state index < -0.39 is 50.6 Å². The zero-order valence-electron chi connectivity index (χ0n) is 15.9. The molecule has 3 amide bonds. The second-order valence-corrected chi connectivity index (χ2v) is 8.88. The van der Waals surface area contributed by atoms with Crippen LogP contribution in [0.5, 0.6) is 0 Å². The Morgan fingerprint density at radius 2 is 1.83 bits per heavy atom. The van der Waals surface area contributed by atoms with Gasteiger partial charge in [0.25, 0.3) is 5.91 Å². The molecule has 1 aliphatic heterocycles. The highest BCUT2D eigenvalue weighted by molar-refractivity contribution is 7.89. The number of amides is 3. The minimum Gasteiger partial charge on any atom is -0.310 e. The summed E-state index contributed by atoms with van der Waals surface area (Å²) in [5, 5.41) is 13.9. The number of carbonyl (C=O) groups excluding carboxylic acids is 2. The maximum absolute atomic E-state index is 13.3. The normalized spacial score (nSPS) is 17.0. The van der Waals surface area contributed by atoms with Crippen LogP contribution in [0, 0.1) is 18.3 Å². The molecule has 0 saturated carbocycles. The first kappa shape index (κ1) is 22.6. The first-order valence-electron chi connectivity index (χ1n) is 8.40. The number of hydrogen-bond donors (Lipinski definition) is 1. The Balaban J connectivity index is 2.49. The standard InChI is InChI=1S/C17H19F3N4O4S/c1-10-7-11(9-21)12(17(18,19)20)8-13(10)24-14(25)16(2,3)23(15(24)26)5-4-6-29(22,27)28/h7-8H,4-6H2,1-3H3,(H2,22,27,28). The number of halogens is 3. The molecule has 0 unspecified atom stereocenters. The van der Waals surface area contributed by atoms with Gasteiger partial charge in [0.1, 0.15) is 5.54 Å². The molecule has 12 heteroatoms. The Hall–Kier alpha value is -2.65. The van der Waals surface area contributed by atoms with Crippen molar-refractivity contribution in [3.63, 3.8) is 0 Å². The van der Waals surface area contributed by atoms with Crippen molar-refractivity contribution in [2.24, 2.45) is 5.14 Å². The fourth-order valence-corrected chi connectivity index (χ4v) is 3.64. The van der Waals surface area contributed by atoms with Crippen molar-refractivity contribution in [3.8, 4) is 6.07 Å². The van der Waals surface area contributed by atoms with Crippen LogP contribution in [0.4, 0.5) is 23.7 Å². The van der Waals surface area contributed by atoms with Gasteiger partial charge in [0.2, 0.25) is 10.0 Å². The van der Waals surface area contributed by atoms with Gasteiger partial charge in [0, 0.05) is 6.54 Å². The third-order valence-corrected chi connectivity index (χ3v) is 5.49. The van der Waals surface area contributed by atoms with E-state index in [0.29, 0.717) is 11.0 Å². The lowest BCUT2D eigenvalue weighted by molar-refractivity contribution is -0.137. The number of benzene rings is 1. The molecule has 2 rings (SSSR count). The Morgan fingerprint density at radius 3 is 2.31 bits per heavy atom. The van der Waals surface area contributed by atoms with Crippen molar-refractivity contribution >= 4 is 27.6 Å². The molecule has 29 heavy (non-hydrogen) atoms. The number of alkyl halides is 3. The molecule has 1 saturated heterocycles. The second-order valence-electron chi connectivity index (χ2n) is 7.15. The fraction of sp³-hybridized carbons (Fsp3) is 0.471. The molecule has 1 aromatic rings. The van der Waals surface area contributed by atoms with Crippen molar-refractivity contribution in [2.45, 2.75) is 38.9 Å². The Bertz CT molecular complexity index is 1010. The highest BCUT2D eigenvalue weighted by Gasteiger charge is 2.52. The molecule has 1 heterocycles. The molecule has 2 N–H and O–H groups in total. The number of urea groups is 1. The largest absolute Gasteiger partial charge is 0.417 e. The average molecular weight is 432 g/mol. The number of anilines is 1. The van der Waals surface area contributed by atoms with Gasteiger partial charge in [-0.1, -0.05) is 0 Å². The Morgan fingerprint density at radius 1 is 1.24 bits per heavy atom. The number of aryl methyl sites for hydroxylation is 1. The smallest absolute Gasteiger partial charge is 0.310 e. The Labute approximate surface area is 165 Å². The van der Waals surface area contributed by atoms with Gasteiger partial charge in [0.05, 0.1) is 28.6 Å². The molecule has 158 valence electrons. The van der Waals surface area contributed by atoms with Gasteiger partial charge in [-0.2, -0.15) is 18.4 Å². The molecular weight excluding hydrogens is 413 g/mol. The number of imide groups is 1. The van der Waals surface area contributed by atoms with E-state index in [0.717, 1.165) is 11.0 Å². The SMILES string of the molecule is Cc1cc(C#N)c(C(F)(F)F)cc1N1C(=O)N(CCCS(N)(=O)=O)C(C)(C)C1=O. The molecule has 1 aliphatic rings. The lowest BCUT2D eigenvalue weighted by atomic mass is 10.0. The van der Waals surface area contributed by atoms with Crippen LogP contribution >= 0.6 is 0 Å². The molecule has 0 spiro atoms. The molecule has 0 aromatic heterocycles. The Kier molecular flexibility index (Phi) is 5.70. The predicted octanol–water partition coefficient (Wildman–Crippen LogP) is 2.11. The molecule has 0 radical (unpaired) electrons. The minimum atomic E-state index is -4.86. The number of nitrogens with two attached hydrogens (primary N) is 1. The summed E-state index contributed by atoms with van der Waals surface area (Å²) in [6.45, 7) is 4.07. The van der Waals surface area contributed by atoms with E-state index in [1.165, 1.54) is 26.8 Å². The van der Waals surface area contributed by atoms with Crippen LogP contribution in [0.1, 0.15) is 37.0 Å². The van der Waals surface area contributed by atoms with E-state index in [-0.39, 0.29) is 24.2 Å². The van der Waals surface area contributed by atoms with Crippen LogP contribution in [0.2, 0.25) is 0 Å². The zero-order valence-corrected chi connectivity index (χ0v) is 16.7. The zero-order chi connectivity index (χ0) is 22.4. The number of carbonyl (C=O) groups is 2. The van der Waals surface area contributed by atoms with Crippen LogP contribution in [-0.2, 0) is 21.0 Å². The summed E-state index contributed by atoms with van der Waals surface area (Å²) < 4.78 is 62.1. The van der Waals surface area contributed by atoms with Gasteiger partial charge in [-0.25, -0.2) is 23.3 Å². The van der Waals surface area contributed by atoms with E-state index in [9.17, 15) is 31.2 Å². The van der Waals surface area contributed by atoms with Crippen molar-refractivity contribution in [1.82, 2.24) is 4.90 Å². The molecule has 8 nitrogen and oxygen atoms in total. The highest BCUT2D eigenvalue weighted by atomic mass is 32.2. The summed E-state index contributed by atoms with van der Waals surface area (Å²) in [6, 6.07) is 2.16. The monoisotopic (exact) mass is 432 g/mol. The molecule has 0 bridgehead atoms. The number of primary sulfonamides is 1. The summed E-state index contributed by atoms with van der Waals surface area (Å²) in [7, 11) is -3.78. The summed E-state index contributed by atoms with van der Waals surface area (Å²) in [5.41, 5.74) is -3.44. The van der Waals surface area contributed by atoms with Crippen LogP contribution in [0.3, 0.4) is 0 Å². The van der Waals surface area contributed by atoms with Crippen LogP contribution in [0.25, 0.3) is 0 Å². The summed E-state index contributed by atoms with van der Waals surface area (Å²) >= 11 is 0. The molecule has 1 aromatic carbocycles. The van der Waals surface area contributed by atoms with E-state index in [2.05, 4.69) is 0 Å². The van der Waals surface area contributed by atoms with Gasteiger partial charge < -0.3 is 4.90 Å². The van der Waals surface area contributed by atoms with E-state index in [1.807, 2.05) is 0 Å². The summed E-state index contributed by atoms with van der Waals surface area (Å²) in [5.74, 6) is -1.19. The van der Waals surface area contributed by atoms with Crippen molar-refractivity contribution in [1.29, 1.82) is 5.26 Å². The molecular formula is C17H19F3N4O4S. The first-order chi connectivity index (χ1) is 13.1. The van der Waals surface area contributed by atoms with Crippen LogP contribution in [-0.4, -0.2) is 43.1 Å². The maximum Gasteiger partial charge on any atom is 0.417 e. The van der Waals surface area contributed by atoms with Crippen molar-refractivity contribution in [3.05, 3.63) is 28.8 Å². The number of hydrogen-bond acceptors (Lipinski definition) is 5. The maximum atomic E-state index is 13.3. The van der Waals surface area contributed by atoms with Gasteiger partial charge in [-0.3, -0.25) is 4.79 Å². The number of nitriles is 1. The summed E-state index contributed by atoms with van der Waals surface area (Å²) in [6.07, 6.45) is -4.90. The second kappa shape index (κ2) is 7.31. The van der Waals surface area contributed by atoms with Crippen molar-refractivity contribution < 1.29 is 31.2 Å². The lowest BCUT2D eigenvalue weighted by Gasteiger charge is -2.27. The fourth-order valence-electron chi connectivity index (χ4n) is 3.11. The number of nitrogens with zero attached hydrogens (tertiary/aromatic N) is 3. The van der Waals surface area contributed by atoms with E-state index >= 15 is 0 Å². The number of sulfonamides is 1. The lowest BCUT2D eigenvalue weighted by Crippen LogP contribution is -2.45. The van der Waals surface area contributed by atoms with E-state index in [1.54, 1.807) is 0 Å². The average Bonchev–Trinajstić information content (AvgIpc) is 2.72. The predicted molar refractivity (Wildman–Crippen MR) is 97.2 cm³/mol. The highest BCUT2D eigenvalue weighted by Crippen LogP contribution is 2.39. The quantitative estimate of drug-likeness (QED) is 0.714. The van der Waals surface area contributed by atoms with Crippen molar-refractivity contribution in [2.75, 3.05) is 17.2 Å². The first-order valence-corrected chi connectivity index (χ1v) is 10.1. The molecule has 0 atom stereocenters. The van der Waals surface area contributed by atoms with Crippen LogP contribution < -0.4 is 10.0 Å². The van der Waals surface area contributed by atoms with Gasteiger partial charge in [-0.05, 0) is 44.9 Å². The third-order valence-electron chi connectivity index (χ3n) is 4.64.